The van der Waals surface area contributed by atoms with Crippen molar-refractivity contribution in [2.75, 3.05) is 11.9 Å². The molecular formula is C24H21F3N6O4. The van der Waals surface area contributed by atoms with Crippen LogP contribution in [-0.2, 0) is 16.1 Å². The summed E-state index contributed by atoms with van der Waals surface area (Å²) in [4.78, 5) is 47.5. The van der Waals surface area contributed by atoms with Gasteiger partial charge in [0.25, 0.3) is 11.5 Å². The molecule has 0 radical (unpaired) electrons. The van der Waals surface area contributed by atoms with E-state index in [1.54, 1.807) is 6.92 Å². The number of aliphatic imine (C=N–C) groups is 1. The lowest BCUT2D eigenvalue weighted by molar-refractivity contribution is -0.143. The molecule has 3 heterocycles. The number of nitrogens with zero attached hydrogens (tertiary/aromatic N) is 4. The van der Waals surface area contributed by atoms with Crippen molar-refractivity contribution >= 4 is 34.8 Å². The maximum absolute atomic E-state index is 13.5. The predicted molar refractivity (Wildman–Crippen MR) is 129 cm³/mol. The van der Waals surface area contributed by atoms with Crippen molar-refractivity contribution < 1.29 is 27.5 Å². The van der Waals surface area contributed by atoms with E-state index in [1.165, 1.54) is 48.9 Å². The molecule has 13 heteroatoms. The van der Waals surface area contributed by atoms with Gasteiger partial charge in [-0.15, -0.1) is 0 Å². The largest absolute Gasteiger partial charge is 0.465 e. The molecular weight excluding hydrogens is 493 g/mol. The van der Waals surface area contributed by atoms with Gasteiger partial charge in [-0.05, 0) is 43.3 Å². The molecule has 1 amide bonds. The number of carbonyl (C=O) groups is 2. The number of pyridine rings is 3. The number of ether oxygens (including phenoxy) is 1. The fraction of sp³-hybridized carbons (Fsp3) is 0.167. The molecule has 0 saturated carbocycles. The summed E-state index contributed by atoms with van der Waals surface area (Å²) in [5.74, 6) is -1.29. The standard InChI is InChI=1S/C24H21F3N6O4/c1-2-37-22(35)14-33-13-16(5-8-21(33)34)23(36)32-20-7-6-17(12-30-20)31-19(24(25,26)27)10-18(28)15-4-3-9-29-11-15/h3-13H,2,14,28H2,1H3,(H,30,32,36). The number of allylic oxidation sites excluding steroid dienone is 1. The molecule has 0 aliphatic heterocycles. The first-order chi connectivity index (χ1) is 17.6. The number of halogens is 3. The lowest BCUT2D eigenvalue weighted by Gasteiger charge is -2.10. The Labute approximate surface area is 208 Å². The second-order valence-corrected chi connectivity index (χ2v) is 7.38. The molecule has 3 aromatic rings. The SMILES string of the molecule is CCOC(=O)Cn1cc(C(=O)Nc2ccc(N=C(C=C(N)c3cccnc3)C(F)(F)F)cn2)ccc1=O. The van der Waals surface area contributed by atoms with Crippen LogP contribution in [0.15, 0.2) is 77.0 Å². The van der Waals surface area contributed by atoms with Crippen molar-refractivity contribution in [3.05, 3.63) is 88.7 Å². The molecule has 3 rings (SSSR count). The summed E-state index contributed by atoms with van der Waals surface area (Å²) < 4.78 is 46.4. The van der Waals surface area contributed by atoms with Crippen molar-refractivity contribution in [2.45, 2.75) is 19.6 Å². The lowest BCUT2D eigenvalue weighted by Crippen LogP contribution is -2.26. The first kappa shape index (κ1) is 26.8. The van der Waals surface area contributed by atoms with Crippen LogP contribution in [0, 0.1) is 0 Å². The summed E-state index contributed by atoms with van der Waals surface area (Å²) >= 11 is 0. The van der Waals surface area contributed by atoms with E-state index >= 15 is 0 Å². The zero-order chi connectivity index (χ0) is 27.0. The van der Waals surface area contributed by atoms with E-state index < -0.39 is 29.3 Å². The number of hydrogen-bond acceptors (Lipinski definition) is 8. The van der Waals surface area contributed by atoms with Crippen LogP contribution in [0.4, 0.5) is 24.7 Å². The van der Waals surface area contributed by atoms with Crippen LogP contribution in [0.3, 0.4) is 0 Å². The van der Waals surface area contributed by atoms with Crippen LogP contribution in [0.2, 0.25) is 0 Å². The molecule has 0 saturated heterocycles. The quantitative estimate of drug-likeness (QED) is 0.348. The first-order valence-electron chi connectivity index (χ1n) is 10.7. The van der Waals surface area contributed by atoms with Crippen LogP contribution in [-0.4, -0.2) is 44.9 Å². The highest BCUT2D eigenvalue weighted by molar-refractivity contribution is 6.05. The summed E-state index contributed by atoms with van der Waals surface area (Å²) in [6.45, 7) is 1.38. The molecule has 10 nitrogen and oxygen atoms in total. The normalized spacial score (nSPS) is 12.2. The third-order valence-corrected chi connectivity index (χ3v) is 4.67. The number of alkyl halides is 3. The summed E-state index contributed by atoms with van der Waals surface area (Å²) in [6, 6.07) is 7.90. The monoisotopic (exact) mass is 514 g/mol. The minimum Gasteiger partial charge on any atom is -0.465 e. The van der Waals surface area contributed by atoms with E-state index in [-0.39, 0.29) is 35.9 Å². The van der Waals surface area contributed by atoms with Gasteiger partial charge in [0.1, 0.15) is 18.1 Å². The number of hydrogen-bond donors (Lipinski definition) is 2. The van der Waals surface area contributed by atoms with Crippen molar-refractivity contribution in [1.29, 1.82) is 0 Å². The van der Waals surface area contributed by atoms with E-state index in [9.17, 15) is 27.6 Å². The van der Waals surface area contributed by atoms with Gasteiger partial charge in [0.05, 0.1) is 24.1 Å². The zero-order valence-electron chi connectivity index (χ0n) is 19.4. The topological polar surface area (TPSA) is 142 Å². The van der Waals surface area contributed by atoms with E-state index in [4.69, 9.17) is 10.5 Å². The van der Waals surface area contributed by atoms with Crippen molar-refractivity contribution in [1.82, 2.24) is 14.5 Å². The molecule has 0 bridgehead atoms. The number of anilines is 1. The van der Waals surface area contributed by atoms with Crippen LogP contribution in [0.25, 0.3) is 5.70 Å². The molecule has 0 spiro atoms. The van der Waals surface area contributed by atoms with Gasteiger partial charge in [-0.3, -0.25) is 19.4 Å². The third-order valence-electron chi connectivity index (χ3n) is 4.67. The minimum atomic E-state index is -4.80. The van der Waals surface area contributed by atoms with Crippen molar-refractivity contribution in [3.8, 4) is 0 Å². The Balaban J connectivity index is 1.77. The average Bonchev–Trinajstić information content (AvgIpc) is 2.86. The maximum Gasteiger partial charge on any atom is 0.433 e. The van der Waals surface area contributed by atoms with Gasteiger partial charge in [-0.2, -0.15) is 13.2 Å². The van der Waals surface area contributed by atoms with Crippen LogP contribution < -0.4 is 16.6 Å². The van der Waals surface area contributed by atoms with Crippen LogP contribution >= 0.6 is 0 Å². The molecule has 0 unspecified atom stereocenters. The number of esters is 1. The molecule has 37 heavy (non-hydrogen) atoms. The molecule has 0 aromatic carbocycles. The summed E-state index contributed by atoms with van der Waals surface area (Å²) in [5, 5.41) is 2.46. The minimum absolute atomic E-state index is 0.0195. The molecule has 3 aromatic heterocycles. The van der Waals surface area contributed by atoms with E-state index in [0.29, 0.717) is 11.6 Å². The Bertz CT molecular complexity index is 1380. The van der Waals surface area contributed by atoms with Gasteiger partial charge < -0.3 is 20.4 Å². The van der Waals surface area contributed by atoms with Gasteiger partial charge >= 0.3 is 12.1 Å². The van der Waals surface area contributed by atoms with E-state index in [2.05, 4.69) is 20.3 Å². The Morgan fingerprint density at radius 3 is 2.57 bits per heavy atom. The fourth-order valence-electron chi connectivity index (χ4n) is 2.93. The zero-order valence-corrected chi connectivity index (χ0v) is 19.4. The van der Waals surface area contributed by atoms with Gasteiger partial charge in [0.2, 0.25) is 0 Å². The van der Waals surface area contributed by atoms with Crippen molar-refractivity contribution in [2.24, 2.45) is 10.7 Å². The van der Waals surface area contributed by atoms with Gasteiger partial charge in [0.15, 0.2) is 0 Å². The molecule has 192 valence electrons. The predicted octanol–water partition coefficient (Wildman–Crippen LogP) is 3.09. The van der Waals surface area contributed by atoms with E-state index in [1.807, 2.05) is 0 Å². The summed E-state index contributed by atoms with van der Waals surface area (Å²) in [7, 11) is 0. The highest BCUT2D eigenvalue weighted by Crippen LogP contribution is 2.24. The van der Waals surface area contributed by atoms with Gasteiger partial charge in [-0.1, -0.05) is 0 Å². The number of rotatable bonds is 8. The molecule has 0 atom stereocenters. The maximum atomic E-state index is 13.5. The van der Waals surface area contributed by atoms with Crippen molar-refractivity contribution in [3.63, 3.8) is 0 Å². The molecule has 0 fully saturated rings. The van der Waals surface area contributed by atoms with Crippen LogP contribution in [0.1, 0.15) is 22.8 Å². The Kier molecular flexibility index (Phi) is 8.51. The van der Waals surface area contributed by atoms with Crippen LogP contribution in [0.5, 0.6) is 0 Å². The number of nitrogens with two attached hydrogens (primary N) is 1. The Hall–Kier alpha value is -4.81. The second-order valence-electron chi connectivity index (χ2n) is 7.38. The third kappa shape index (κ3) is 7.59. The number of carbonyl (C=O) groups excluding carboxylic acids is 2. The average molecular weight is 514 g/mol. The first-order valence-corrected chi connectivity index (χ1v) is 10.7. The van der Waals surface area contributed by atoms with Gasteiger partial charge in [-0.25, -0.2) is 9.98 Å². The Morgan fingerprint density at radius 2 is 1.95 bits per heavy atom. The number of nitrogens with one attached hydrogen (secondary N) is 1. The molecule has 0 aliphatic carbocycles. The smallest absolute Gasteiger partial charge is 0.433 e. The lowest BCUT2D eigenvalue weighted by atomic mass is 10.1. The fourth-order valence-corrected chi connectivity index (χ4v) is 2.93. The summed E-state index contributed by atoms with van der Waals surface area (Å²) in [6.07, 6.45) is 0.896. The number of amides is 1. The molecule has 3 N–H and O–H groups in total. The Morgan fingerprint density at radius 1 is 1.16 bits per heavy atom. The summed E-state index contributed by atoms with van der Waals surface area (Å²) in [5.41, 5.74) is 4.04. The second kappa shape index (κ2) is 11.7. The van der Waals surface area contributed by atoms with Gasteiger partial charge in [0, 0.05) is 35.9 Å². The highest BCUT2D eigenvalue weighted by Gasteiger charge is 2.34. The number of aromatic nitrogens is 3. The van der Waals surface area contributed by atoms with E-state index in [0.717, 1.165) is 16.8 Å². The highest BCUT2D eigenvalue weighted by atomic mass is 19.4. The molecule has 0 aliphatic rings.